The zero-order valence-corrected chi connectivity index (χ0v) is 14.3. The van der Waals surface area contributed by atoms with Gasteiger partial charge in [0.15, 0.2) is 0 Å². The fourth-order valence-electron chi connectivity index (χ4n) is 3.11. The fraction of sp³-hybridized carbons (Fsp3) is 0.500. The first-order valence-electron chi connectivity index (χ1n) is 7.87. The van der Waals surface area contributed by atoms with E-state index in [0.717, 1.165) is 22.3 Å². The Labute approximate surface area is 141 Å². The van der Waals surface area contributed by atoms with Gasteiger partial charge in [-0.05, 0) is 38.7 Å². The minimum atomic E-state index is -1.11. The van der Waals surface area contributed by atoms with E-state index < -0.39 is 23.5 Å². The number of hydrogen-bond acceptors (Lipinski definition) is 6. The Kier molecular flexibility index (Phi) is 4.40. The Bertz CT molecular complexity index is 869. The van der Waals surface area contributed by atoms with Gasteiger partial charge in [0.05, 0.1) is 24.2 Å². The number of thiophene rings is 1. The van der Waals surface area contributed by atoms with Crippen LogP contribution >= 0.6 is 11.3 Å². The van der Waals surface area contributed by atoms with Crippen molar-refractivity contribution in [1.29, 1.82) is 0 Å². The van der Waals surface area contributed by atoms with Gasteiger partial charge < -0.3 is 9.84 Å². The molecule has 0 saturated heterocycles. The molecule has 128 valence electrons. The first kappa shape index (κ1) is 16.6. The van der Waals surface area contributed by atoms with Gasteiger partial charge in [0.25, 0.3) is 5.56 Å². The maximum atomic E-state index is 12.8. The number of carboxylic acids is 1. The Balaban J connectivity index is 2.22. The minimum Gasteiger partial charge on any atom is -0.480 e. The highest BCUT2D eigenvalue weighted by Crippen LogP contribution is 2.41. The third-order valence-electron chi connectivity index (χ3n) is 4.34. The molecule has 7 nitrogen and oxygen atoms in total. The monoisotopic (exact) mass is 350 g/mol. The van der Waals surface area contributed by atoms with Crippen LogP contribution < -0.4 is 5.56 Å². The van der Waals surface area contributed by atoms with Crippen LogP contribution in [0.15, 0.2) is 11.1 Å². The first-order chi connectivity index (χ1) is 11.5. The molecule has 0 amide bonds. The average Bonchev–Trinajstić information content (AvgIpc) is 2.93. The van der Waals surface area contributed by atoms with E-state index in [9.17, 15) is 19.5 Å². The Morgan fingerprint density at radius 2 is 2.29 bits per heavy atom. The molecule has 1 aliphatic carbocycles. The maximum absolute atomic E-state index is 12.8. The molecule has 2 unspecified atom stereocenters. The number of aryl methyl sites for hydroxylation is 1. The van der Waals surface area contributed by atoms with Crippen molar-refractivity contribution in [1.82, 2.24) is 9.55 Å². The zero-order chi connectivity index (χ0) is 17.4. The van der Waals surface area contributed by atoms with Crippen LogP contribution in [0, 0.1) is 0 Å². The number of ether oxygens (including phenoxy) is 1. The maximum Gasteiger partial charge on any atom is 0.326 e. The standard InChI is InChI=1S/C16H18N2O5S/c1-3-23-16(22)9-5-4-6-10-11(9)12-13(24-10)17-7-18(14(12)19)8(2)15(20)21/h7-9H,3-6H2,1-2H3,(H,20,21). The van der Waals surface area contributed by atoms with Crippen molar-refractivity contribution < 1.29 is 19.4 Å². The second kappa shape index (κ2) is 6.35. The van der Waals surface area contributed by atoms with Crippen LogP contribution in [0.5, 0.6) is 0 Å². The summed E-state index contributed by atoms with van der Waals surface area (Å²) in [6.07, 6.45) is 3.54. The molecule has 2 heterocycles. The van der Waals surface area contributed by atoms with E-state index in [0.29, 0.717) is 22.2 Å². The number of carbonyl (C=O) groups excluding carboxylic acids is 1. The normalized spacial score (nSPS) is 18.2. The summed E-state index contributed by atoms with van der Waals surface area (Å²) in [5.41, 5.74) is 0.271. The second-order valence-electron chi connectivity index (χ2n) is 5.79. The van der Waals surface area contributed by atoms with Gasteiger partial charge in [0.1, 0.15) is 10.9 Å². The first-order valence-corrected chi connectivity index (χ1v) is 8.69. The number of aromatic nitrogens is 2. The molecule has 24 heavy (non-hydrogen) atoms. The SMILES string of the molecule is CCOC(=O)C1CCCc2sc3ncn(C(C)C(=O)O)c(=O)c3c21. The van der Waals surface area contributed by atoms with Crippen molar-refractivity contribution >= 4 is 33.5 Å². The predicted octanol–water partition coefficient (Wildman–Crippen LogP) is 2.09. The van der Waals surface area contributed by atoms with Crippen LogP contribution in [-0.2, 0) is 20.7 Å². The van der Waals surface area contributed by atoms with Crippen molar-refractivity contribution in [3.8, 4) is 0 Å². The molecule has 0 radical (unpaired) electrons. The molecular weight excluding hydrogens is 332 g/mol. The summed E-state index contributed by atoms with van der Waals surface area (Å²) in [7, 11) is 0. The van der Waals surface area contributed by atoms with Gasteiger partial charge in [-0.3, -0.25) is 14.2 Å². The molecule has 2 aromatic heterocycles. The molecule has 0 aliphatic heterocycles. The van der Waals surface area contributed by atoms with Crippen molar-refractivity contribution in [2.75, 3.05) is 6.61 Å². The highest BCUT2D eigenvalue weighted by Gasteiger charge is 2.33. The largest absolute Gasteiger partial charge is 0.480 e. The molecule has 8 heteroatoms. The van der Waals surface area contributed by atoms with E-state index >= 15 is 0 Å². The Morgan fingerprint density at radius 3 is 2.96 bits per heavy atom. The average molecular weight is 350 g/mol. The van der Waals surface area contributed by atoms with E-state index in [-0.39, 0.29) is 12.6 Å². The van der Waals surface area contributed by atoms with Crippen LogP contribution in [0.2, 0.25) is 0 Å². The summed E-state index contributed by atoms with van der Waals surface area (Å²) in [4.78, 5) is 42.1. The molecule has 1 aliphatic rings. The number of fused-ring (bicyclic) bond motifs is 3. The Morgan fingerprint density at radius 1 is 1.54 bits per heavy atom. The van der Waals surface area contributed by atoms with E-state index in [1.54, 1.807) is 6.92 Å². The van der Waals surface area contributed by atoms with Gasteiger partial charge >= 0.3 is 11.9 Å². The van der Waals surface area contributed by atoms with Crippen molar-refractivity contribution in [3.05, 3.63) is 27.1 Å². The summed E-state index contributed by atoms with van der Waals surface area (Å²) in [6.45, 7) is 3.46. The molecule has 0 aromatic carbocycles. The molecule has 0 fully saturated rings. The molecule has 1 N–H and O–H groups in total. The molecule has 2 aromatic rings. The van der Waals surface area contributed by atoms with Gasteiger partial charge in [-0.15, -0.1) is 11.3 Å². The van der Waals surface area contributed by atoms with Crippen LogP contribution in [0.1, 0.15) is 49.1 Å². The molecular formula is C16H18N2O5S. The van der Waals surface area contributed by atoms with Gasteiger partial charge in [-0.1, -0.05) is 0 Å². The number of carboxylic acid groups (broad SMARTS) is 1. The van der Waals surface area contributed by atoms with E-state index in [1.807, 2.05) is 0 Å². The fourth-order valence-corrected chi connectivity index (χ4v) is 4.34. The Hall–Kier alpha value is -2.22. The quantitative estimate of drug-likeness (QED) is 0.848. The lowest BCUT2D eigenvalue weighted by atomic mass is 9.86. The van der Waals surface area contributed by atoms with E-state index in [4.69, 9.17) is 4.74 Å². The van der Waals surface area contributed by atoms with Crippen LogP contribution in [0.25, 0.3) is 10.2 Å². The third-order valence-corrected chi connectivity index (χ3v) is 5.52. The zero-order valence-electron chi connectivity index (χ0n) is 13.4. The summed E-state index contributed by atoms with van der Waals surface area (Å²) in [6, 6.07) is -1.02. The predicted molar refractivity (Wildman–Crippen MR) is 88.5 cm³/mol. The van der Waals surface area contributed by atoms with Crippen molar-refractivity contribution in [2.24, 2.45) is 0 Å². The topological polar surface area (TPSA) is 98.5 Å². The van der Waals surface area contributed by atoms with Crippen LogP contribution in [0.4, 0.5) is 0 Å². The second-order valence-corrected chi connectivity index (χ2v) is 6.87. The van der Waals surface area contributed by atoms with Gasteiger partial charge in [-0.25, -0.2) is 9.78 Å². The number of rotatable bonds is 4. The lowest BCUT2D eigenvalue weighted by molar-refractivity contribution is -0.145. The number of esters is 1. The molecule has 2 atom stereocenters. The van der Waals surface area contributed by atoms with Crippen molar-refractivity contribution in [2.45, 2.75) is 45.1 Å². The lowest BCUT2D eigenvalue weighted by Crippen LogP contribution is -2.29. The third kappa shape index (κ3) is 2.60. The molecule has 3 rings (SSSR count). The number of carbonyl (C=O) groups is 2. The summed E-state index contributed by atoms with van der Waals surface area (Å²) in [5, 5.41) is 9.54. The summed E-state index contributed by atoms with van der Waals surface area (Å²) in [5.74, 6) is -1.92. The summed E-state index contributed by atoms with van der Waals surface area (Å²) < 4.78 is 6.26. The summed E-state index contributed by atoms with van der Waals surface area (Å²) >= 11 is 1.40. The lowest BCUT2D eigenvalue weighted by Gasteiger charge is -2.21. The van der Waals surface area contributed by atoms with E-state index in [2.05, 4.69) is 4.98 Å². The molecule has 0 saturated carbocycles. The number of aliphatic carboxylic acids is 1. The number of nitrogens with zero attached hydrogens (tertiary/aromatic N) is 2. The van der Waals surface area contributed by atoms with Crippen LogP contribution in [-0.4, -0.2) is 33.2 Å². The molecule has 0 spiro atoms. The van der Waals surface area contributed by atoms with Gasteiger partial charge in [0.2, 0.25) is 0 Å². The minimum absolute atomic E-state index is 0.283. The van der Waals surface area contributed by atoms with E-state index in [1.165, 1.54) is 24.6 Å². The highest BCUT2D eigenvalue weighted by atomic mass is 32.1. The molecule has 0 bridgehead atoms. The van der Waals surface area contributed by atoms with Gasteiger partial charge in [0, 0.05) is 4.88 Å². The van der Waals surface area contributed by atoms with Crippen LogP contribution in [0.3, 0.4) is 0 Å². The number of hydrogen-bond donors (Lipinski definition) is 1. The highest BCUT2D eigenvalue weighted by molar-refractivity contribution is 7.18. The van der Waals surface area contributed by atoms with Gasteiger partial charge in [-0.2, -0.15) is 0 Å². The smallest absolute Gasteiger partial charge is 0.326 e. The van der Waals surface area contributed by atoms with Crippen molar-refractivity contribution in [3.63, 3.8) is 0 Å².